The SMILES string of the molecule is CCOCC(C)Nc1ccc(Cn2cncn2)cc1. The lowest BCUT2D eigenvalue weighted by Gasteiger charge is -2.15. The van der Waals surface area contributed by atoms with Gasteiger partial charge in [-0.2, -0.15) is 5.10 Å². The van der Waals surface area contributed by atoms with Gasteiger partial charge in [-0.25, -0.2) is 9.67 Å². The van der Waals surface area contributed by atoms with Crippen LogP contribution in [0.5, 0.6) is 0 Å². The van der Waals surface area contributed by atoms with Crippen molar-refractivity contribution in [3.63, 3.8) is 0 Å². The Bertz CT molecular complexity index is 467. The lowest BCUT2D eigenvalue weighted by atomic mass is 10.2. The maximum absolute atomic E-state index is 5.38. The Morgan fingerprint density at radius 3 is 2.74 bits per heavy atom. The van der Waals surface area contributed by atoms with Crippen LogP contribution in [0.2, 0.25) is 0 Å². The third-order valence-corrected chi connectivity index (χ3v) is 2.75. The van der Waals surface area contributed by atoms with Crippen LogP contribution in [0.3, 0.4) is 0 Å². The molecule has 0 saturated carbocycles. The van der Waals surface area contributed by atoms with E-state index in [0.29, 0.717) is 6.04 Å². The van der Waals surface area contributed by atoms with Crippen LogP contribution in [-0.4, -0.2) is 34.0 Å². The van der Waals surface area contributed by atoms with Gasteiger partial charge in [0, 0.05) is 18.3 Å². The molecule has 5 nitrogen and oxygen atoms in total. The van der Waals surface area contributed by atoms with Gasteiger partial charge in [0.25, 0.3) is 0 Å². The van der Waals surface area contributed by atoms with E-state index in [4.69, 9.17) is 4.74 Å². The number of rotatable bonds is 7. The first-order valence-corrected chi connectivity index (χ1v) is 6.53. The van der Waals surface area contributed by atoms with E-state index < -0.39 is 0 Å². The molecular weight excluding hydrogens is 240 g/mol. The predicted molar refractivity (Wildman–Crippen MR) is 75.1 cm³/mol. The summed E-state index contributed by atoms with van der Waals surface area (Å²) < 4.78 is 7.19. The molecule has 19 heavy (non-hydrogen) atoms. The van der Waals surface area contributed by atoms with Gasteiger partial charge >= 0.3 is 0 Å². The number of nitrogens with zero attached hydrogens (tertiary/aromatic N) is 3. The van der Waals surface area contributed by atoms with Crippen molar-refractivity contribution < 1.29 is 4.74 Å². The molecule has 102 valence electrons. The van der Waals surface area contributed by atoms with Gasteiger partial charge in [0.05, 0.1) is 13.2 Å². The van der Waals surface area contributed by atoms with E-state index in [0.717, 1.165) is 25.4 Å². The van der Waals surface area contributed by atoms with E-state index in [1.165, 1.54) is 5.56 Å². The van der Waals surface area contributed by atoms with E-state index in [-0.39, 0.29) is 0 Å². The molecule has 2 rings (SSSR count). The first-order valence-electron chi connectivity index (χ1n) is 6.53. The highest BCUT2D eigenvalue weighted by Crippen LogP contribution is 2.11. The maximum Gasteiger partial charge on any atom is 0.137 e. The van der Waals surface area contributed by atoms with Gasteiger partial charge in [-0.1, -0.05) is 12.1 Å². The summed E-state index contributed by atoms with van der Waals surface area (Å²) in [5.41, 5.74) is 2.31. The monoisotopic (exact) mass is 260 g/mol. The van der Waals surface area contributed by atoms with Crippen molar-refractivity contribution in [2.75, 3.05) is 18.5 Å². The molecule has 0 amide bonds. The molecule has 2 aromatic rings. The van der Waals surface area contributed by atoms with Crippen LogP contribution in [0.4, 0.5) is 5.69 Å². The average Bonchev–Trinajstić information content (AvgIpc) is 2.91. The van der Waals surface area contributed by atoms with Crippen molar-refractivity contribution >= 4 is 5.69 Å². The van der Waals surface area contributed by atoms with Crippen LogP contribution in [0.25, 0.3) is 0 Å². The lowest BCUT2D eigenvalue weighted by molar-refractivity contribution is 0.141. The summed E-state index contributed by atoms with van der Waals surface area (Å²) in [5.74, 6) is 0. The first kappa shape index (κ1) is 13.5. The quantitative estimate of drug-likeness (QED) is 0.829. The number of ether oxygens (including phenoxy) is 1. The first-order chi connectivity index (χ1) is 9.28. The zero-order chi connectivity index (χ0) is 13.5. The molecule has 1 atom stereocenters. The molecular formula is C14H20N4O. The van der Waals surface area contributed by atoms with Gasteiger partial charge < -0.3 is 10.1 Å². The van der Waals surface area contributed by atoms with Crippen molar-refractivity contribution in [3.8, 4) is 0 Å². The zero-order valence-corrected chi connectivity index (χ0v) is 11.4. The van der Waals surface area contributed by atoms with Gasteiger partial charge in [-0.05, 0) is 31.5 Å². The normalized spacial score (nSPS) is 12.3. The van der Waals surface area contributed by atoms with Crippen LogP contribution >= 0.6 is 0 Å². The zero-order valence-electron chi connectivity index (χ0n) is 11.4. The van der Waals surface area contributed by atoms with Crippen LogP contribution in [-0.2, 0) is 11.3 Å². The summed E-state index contributed by atoms with van der Waals surface area (Å²) in [5, 5.41) is 7.49. The van der Waals surface area contributed by atoms with Gasteiger partial charge in [0.15, 0.2) is 0 Å². The summed E-state index contributed by atoms with van der Waals surface area (Å²) in [6, 6.07) is 8.65. The molecule has 1 N–H and O–H groups in total. The molecule has 0 aliphatic heterocycles. The summed E-state index contributed by atoms with van der Waals surface area (Å²) in [4.78, 5) is 3.93. The van der Waals surface area contributed by atoms with Gasteiger partial charge in [-0.3, -0.25) is 0 Å². The Hall–Kier alpha value is -1.88. The number of aromatic nitrogens is 3. The topological polar surface area (TPSA) is 52.0 Å². The highest BCUT2D eigenvalue weighted by molar-refractivity contribution is 5.45. The molecule has 0 radical (unpaired) electrons. The smallest absolute Gasteiger partial charge is 0.137 e. The maximum atomic E-state index is 5.38. The second-order valence-corrected chi connectivity index (χ2v) is 4.49. The summed E-state index contributed by atoms with van der Waals surface area (Å²) in [7, 11) is 0. The third kappa shape index (κ3) is 4.37. The van der Waals surface area contributed by atoms with E-state index >= 15 is 0 Å². The number of hydrogen-bond acceptors (Lipinski definition) is 4. The second kappa shape index (κ2) is 6.89. The molecule has 0 spiro atoms. The van der Waals surface area contributed by atoms with E-state index in [9.17, 15) is 0 Å². The minimum absolute atomic E-state index is 0.307. The van der Waals surface area contributed by atoms with Gasteiger partial charge in [-0.15, -0.1) is 0 Å². The summed E-state index contributed by atoms with van der Waals surface area (Å²) >= 11 is 0. The number of benzene rings is 1. The fourth-order valence-electron chi connectivity index (χ4n) is 1.83. The standard InChI is InChI=1S/C14H20N4O/c1-3-19-9-12(2)17-14-6-4-13(5-7-14)8-18-11-15-10-16-18/h4-7,10-12,17H,3,8-9H2,1-2H3. The predicted octanol–water partition coefficient (Wildman–Crippen LogP) is 2.16. The van der Waals surface area contributed by atoms with Crippen molar-refractivity contribution in [3.05, 3.63) is 42.5 Å². The molecule has 0 aliphatic rings. The molecule has 1 heterocycles. The lowest BCUT2D eigenvalue weighted by Crippen LogP contribution is -2.21. The molecule has 1 aromatic carbocycles. The van der Waals surface area contributed by atoms with Gasteiger partial charge in [0.1, 0.15) is 12.7 Å². The molecule has 5 heteroatoms. The summed E-state index contributed by atoms with van der Waals surface area (Å²) in [6.45, 7) is 6.33. The van der Waals surface area contributed by atoms with Crippen LogP contribution in [0, 0.1) is 0 Å². The third-order valence-electron chi connectivity index (χ3n) is 2.75. The Labute approximate surface area is 113 Å². The highest BCUT2D eigenvalue weighted by Gasteiger charge is 2.02. The van der Waals surface area contributed by atoms with E-state index in [2.05, 4.69) is 46.6 Å². The van der Waals surface area contributed by atoms with Gasteiger partial charge in [0.2, 0.25) is 0 Å². The molecule has 1 aromatic heterocycles. The fourth-order valence-corrected chi connectivity index (χ4v) is 1.83. The number of nitrogens with one attached hydrogen (secondary N) is 1. The van der Waals surface area contributed by atoms with Crippen molar-refractivity contribution in [2.24, 2.45) is 0 Å². The average molecular weight is 260 g/mol. The van der Waals surface area contributed by atoms with Crippen molar-refractivity contribution in [1.29, 1.82) is 0 Å². The minimum atomic E-state index is 0.307. The molecule has 1 unspecified atom stereocenters. The Morgan fingerprint density at radius 1 is 1.32 bits per heavy atom. The Balaban J connectivity index is 1.87. The Morgan fingerprint density at radius 2 is 2.11 bits per heavy atom. The molecule has 0 saturated heterocycles. The minimum Gasteiger partial charge on any atom is -0.380 e. The van der Waals surface area contributed by atoms with Crippen LogP contribution in [0.1, 0.15) is 19.4 Å². The second-order valence-electron chi connectivity index (χ2n) is 4.49. The Kier molecular flexibility index (Phi) is 4.92. The van der Waals surface area contributed by atoms with Crippen LogP contribution < -0.4 is 5.32 Å². The molecule has 0 aliphatic carbocycles. The number of anilines is 1. The number of hydrogen-bond donors (Lipinski definition) is 1. The molecule has 0 bridgehead atoms. The van der Waals surface area contributed by atoms with E-state index in [1.807, 2.05) is 6.92 Å². The largest absolute Gasteiger partial charge is 0.380 e. The fraction of sp³-hybridized carbons (Fsp3) is 0.429. The van der Waals surface area contributed by atoms with Crippen molar-refractivity contribution in [1.82, 2.24) is 14.8 Å². The molecule has 0 fully saturated rings. The van der Waals surface area contributed by atoms with Crippen molar-refractivity contribution in [2.45, 2.75) is 26.4 Å². The van der Waals surface area contributed by atoms with Crippen LogP contribution in [0.15, 0.2) is 36.9 Å². The van der Waals surface area contributed by atoms with E-state index in [1.54, 1.807) is 17.3 Å². The summed E-state index contributed by atoms with van der Waals surface area (Å²) in [6.07, 6.45) is 3.27. The highest BCUT2D eigenvalue weighted by atomic mass is 16.5.